The first-order valence-corrected chi connectivity index (χ1v) is 9.22. The maximum Gasteiger partial charge on any atom is 0.225 e. The van der Waals surface area contributed by atoms with Gasteiger partial charge in [0.05, 0.1) is 0 Å². The number of thioether (sulfide) groups is 1. The molecule has 2 aromatic rings. The fourth-order valence-corrected chi connectivity index (χ4v) is 4.48. The highest BCUT2D eigenvalue weighted by Crippen LogP contribution is 2.36. The van der Waals surface area contributed by atoms with Crippen molar-refractivity contribution in [2.75, 3.05) is 25.1 Å². The first-order valence-electron chi connectivity index (χ1n) is 7.52. The van der Waals surface area contributed by atoms with Gasteiger partial charge in [0.1, 0.15) is 9.86 Å². The first-order chi connectivity index (χ1) is 10.3. The lowest BCUT2D eigenvalue weighted by Crippen LogP contribution is -2.17. The number of nitrogens with zero attached hydrogens (tertiary/aromatic N) is 2. The van der Waals surface area contributed by atoms with Gasteiger partial charge in [0.15, 0.2) is 0 Å². The molecule has 0 aliphatic carbocycles. The Morgan fingerprint density at radius 1 is 1.38 bits per heavy atom. The minimum atomic E-state index is 0.607. The van der Waals surface area contributed by atoms with Crippen molar-refractivity contribution in [1.82, 2.24) is 9.97 Å². The van der Waals surface area contributed by atoms with E-state index in [0.717, 1.165) is 54.8 Å². The summed E-state index contributed by atoms with van der Waals surface area (Å²) in [4.78, 5) is 11.8. The maximum atomic E-state index is 5.45. The summed E-state index contributed by atoms with van der Waals surface area (Å²) < 4.78 is 5.45. The molecule has 3 rings (SSSR count). The van der Waals surface area contributed by atoms with Crippen LogP contribution in [0.1, 0.15) is 31.1 Å². The molecular weight excluding hydrogens is 302 g/mol. The molecule has 21 heavy (non-hydrogen) atoms. The second kappa shape index (κ2) is 6.94. The minimum Gasteiger partial charge on any atom is -0.381 e. The zero-order chi connectivity index (χ0) is 14.7. The average molecular weight is 323 g/mol. The van der Waals surface area contributed by atoms with Gasteiger partial charge in [-0.1, -0.05) is 6.92 Å². The molecule has 1 fully saturated rings. The SMILES string of the molecule is CCCNc1nc(SC2CCOCC2)c2cc(C)sc2n1. The molecule has 1 aliphatic heterocycles. The average Bonchev–Trinajstić information content (AvgIpc) is 2.87. The van der Waals surface area contributed by atoms with Crippen molar-refractivity contribution < 1.29 is 4.74 Å². The summed E-state index contributed by atoms with van der Waals surface area (Å²) in [6.07, 6.45) is 3.29. The lowest BCUT2D eigenvalue weighted by Gasteiger charge is -2.21. The van der Waals surface area contributed by atoms with Gasteiger partial charge in [-0.05, 0) is 32.3 Å². The van der Waals surface area contributed by atoms with Crippen LogP contribution in [0.5, 0.6) is 0 Å². The van der Waals surface area contributed by atoms with Crippen molar-refractivity contribution in [1.29, 1.82) is 0 Å². The molecule has 0 spiro atoms. The van der Waals surface area contributed by atoms with Gasteiger partial charge in [0, 0.05) is 35.3 Å². The number of hydrogen-bond donors (Lipinski definition) is 1. The lowest BCUT2D eigenvalue weighted by atomic mass is 10.2. The third-order valence-electron chi connectivity index (χ3n) is 3.46. The third kappa shape index (κ3) is 3.67. The predicted octanol–water partition coefficient (Wildman–Crippen LogP) is 4.09. The van der Waals surface area contributed by atoms with Crippen molar-refractivity contribution in [2.24, 2.45) is 0 Å². The van der Waals surface area contributed by atoms with Gasteiger partial charge in [-0.25, -0.2) is 9.97 Å². The van der Waals surface area contributed by atoms with Gasteiger partial charge in [-0.3, -0.25) is 0 Å². The van der Waals surface area contributed by atoms with Gasteiger partial charge in [-0.2, -0.15) is 0 Å². The van der Waals surface area contributed by atoms with Crippen molar-refractivity contribution in [3.8, 4) is 0 Å². The predicted molar refractivity (Wildman–Crippen MR) is 90.6 cm³/mol. The van der Waals surface area contributed by atoms with E-state index in [1.807, 2.05) is 11.8 Å². The van der Waals surface area contributed by atoms with Crippen LogP contribution in [0.3, 0.4) is 0 Å². The van der Waals surface area contributed by atoms with Crippen LogP contribution in [0, 0.1) is 6.92 Å². The number of fused-ring (bicyclic) bond motifs is 1. The van der Waals surface area contributed by atoms with Crippen molar-refractivity contribution in [2.45, 2.75) is 43.4 Å². The molecule has 0 bridgehead atoms. The normalized spacial score (nSPS) is 16.5. The Kier molecular flexibility index (Phi) is 4.98. The van der Waals surface area contributed by atoms with E-state index in [0.29, 0.717) is 5.25 Å². The van der Waals surface area contributed by atoms with Crippen molar-refractivity contribution in [3.05, 3.63) is 10.9 Å². The number of ether oxygens (including phenoxy) is 1. The van der Waals surface area contributed by atoms with Crippen LogP contribution in [0.15, 0.2) is 11.1 Å². The summed E-state index contributed by atoms with van der Waals surface area (Å²) in [6, 6.07) is 2.21. The molecule has 0 amide bonds. The largest absolute Gasteiger partial charge is 0.381 e. The van der Waals surface area contributed by atoms with Crippen molar-refractivity contribution in [3.63, 3.8) is 0 Å². The van der Waals surface area contributed by atoms with Gasteiger partial charge < -0.3 is 10.1 Å². The zero-order valence-corrected chi connectivity index (χ0v) is 14.1. The quantitative estimate of drug-likeness (QED) is 0.840. The molecule has 3 heterocycles. The highest BCUT2D eigenvalue weighted by molar-refractivity contribution is 8.00. The van der Waals surface area contributed by atoms with Crippen LogP contribution >= 0.6 is 23.1 Å². The first kappa shape index (κ1) is 15.1. The van der Waals surface area contributed by atoms with Gasteiger partial charge in [0.2, 0.25) is 5.95 Å². The molecule has 4 nitrogen and oxygen atoms in total. The maximum absolute atomic E-state index is 5.45. The Balaban J connectivity index is 1.89. The number of thiophene rings is 1. The van der Waals surface area contributed by atoms with E-state index in [4.69, 9.17) is 9.72 Å². The van der Waals surface area contributed by atoms with E-state index in [9.17, 15) is 0 Å². The molecule has 0 unspecified atom stereocenters. The van der Waals surface area contributed by atoms with E-state index < -0.39 is 0 Å². The summed E-state index contributed by atoms with van der Waals surface area (Å²) in [6.45, 7) is 6.94. The molecule has 1 N–H and O–H groups in total. The number of aryl methyl sites for hydroxylation is 1. The fraction of sp³-hybridized carbons (Fsp3) is 0.600. The number of nitrogens with one attached hydrogen (secondary N) is 1. The van der Waals surface area contributed by atoms with E-state index in [-0.39, 0.29) is 0 Å². The fourth-order valence-electron chi connectivity index (χ4n) is 2.37. The summed E-state index contributed by atoms with van der Waals surface area (Å²) in [5.41, 5.74) is 0. The van der Waals surface area contributed by atoms with Gasteiger partial charge in [-0.15, -0.1) is 23.1 Å². The number of anilines is 1. The van der Waals surface area contributed by atoms with Crippen LogP contribution in [-0.2, 0) is 4.74 Å². The number of rotatable bonds is 5. The Morgan fingerprint density at radius 3 is 2.95 bits per heavy atom. The highest BCUT2D eigenvalue weighted by Gasteiger charge is 2.19. The van der Waals surface area contributed by atoms with E-state index in [1.54, 1.807) is 11.3 Å². The van der Waals surface area contributed by atoms with Crippen LogP contribution < -0.4 is 5.32 Å². The van der Waals surface area contributed by atoms with Crippen LogP contribution in [0.2, 0.25) is 0 Å². The molecule has 114 valence electrons. The zero-order valence-electron chi connectivity index (χ0n) is 12.5. The number of hydrogen-bond acceptors (Lipinski definition) is 6. The second-order valence-electron chi connectivity index (χ2n) is 5.28. The molecule has 1 saturated heterocycles. The summed E-state index contributed by atoms with van der Waals surface area (Å²) in [5.74, 6) is 0.765. The molecule has 0 aromatic carbocycles. The minimum absolute atomic E-state index is 0.607. The van der Waals surface area contributed by atoms with Crippen LogP contribution in [0.4, 0.5) is 5.95 Å². The Morgan fingerprint density at radius 2 is 2.19 bits per heavy atom. The highest BCUT2D eigenvalue weighted by atomic mass is 32.2. The summed E-state index contributed by atoms with van der Waals surface area (Å²) in [5, 5.41) is 6.25. The topological polar surface area (TPSA) is 47.0 Å². The van der Waals surface area contributed by atoms with E-state index in [2.05, 4.69) is 30.2 Å². The summed E-state index contributed by atoms with van der Waals surface area (Å²) >= 11 is 3.64. The summed E-state index contributed by atoms with van der Waals surface area (Å²) in [7, 11) is 0. The molecule has 0 saturated carbocycles. The molecule has 2 aromatic heterocycles. The molecular formula is C15H21N3OS2. The standard InChI is InChI=1S/C15H21N3OS2/c1-3-6-16-15-17-13-12(9-10(2)20-13)14(18-15)21-11-4-7-19-8-5-11/h9,11H,3-8H2,1-2H3,(H,16,17,18). The van der Waals surface area contributed by atoms with Gasteiger partial charge >= 0.3 is 0 Å². The Bertz CT molecular complexity index is 608. The Labute approximate surface area is 133 Å². The van der Waals surface area contributed by atoms with E-state index in [1.165, 1.54) is 10.3 Å². The van der Waals surface area contributed by atoms with Crippen LogP contribution in [0.25, 0.3) is 10.2 Å². The van der Waals surface area contributed by atoms with Gasteiger partial charge in [0.25, 0.3) is 0 Å². The smallest absolute Gasteiger partial charge is 0.225 e. The van der Waals surface area contributed by atoms with Crippen molar-refractivity contribution >= 4 is 39.3 Å². The number of aromatic nitrogens is 2. The molecule has 6 heteroatoms. The monoisotopic (exact) mass is 323 g/mol. The van der Waals surface area contributed by atoms with Crippen LogP contribution in [-0.4, -0.2) is 35.0 Å². The third-order valence-corrected chi connectivity index (χ3v) is 5.74. The molecule has 0 atom stereocenters. The lowest BCUT2D eigenvalue weighted by molar-refractivity contribution is 0.1000. The van der Waals surface area contributed by atoms with E-state index >= 15 is 0 Å². The second-order valence-corrected chi connectivity index (χ2v) is 7.81. The Hall–Kier alpha value is -0.850. The molecule has 1 aliphatic rings. The molecule has 0 radical (unpaired) electrons.